The summed E-state index contributed by atoms with van der Waals surface area (Å²) in [6.45, 7) is 4.17. The summed E-state index contributed by atoms with van der Waals surface area (Å²) in [4.78, 5) is 2.32. The van der Waals surface area contributed by atoms with E-state index in [4.69, 9.17) is 22.1 Å². The fourth-order valence-corrected chi connectivity index (χ4v) is 2.58. The zero-order chi connectivity index (χ0) is 14.4. The van der Waals surface area contributed by atoms with Crippen LogP contribution >= 0.6 is 11.6 Å². The summed E-state index contributed by atoms with van der Waals surface area (Å²) in [5.41, 5.74) is 6.41. The van der Waals surface area contributed by atoms with E-state index in [0.717, 1.165) is 51.1 Å². The number of nitrogens with two attached hydrogens (primary N) is 1. The van der Waals surface area contributed by atoms with Gasteiger partial charge in [-0.2, -0.15) is 0 Å². The maximum atomic E-state index is 13.4. The molecule has 0 saturated carbocycles. The lowest BCUT2D eigenvalue weighted by molar-refractivity contribution is 0.00562. The van der Waals surface area contributed by atoms with Crippen LogP contribution in [0.1, 0.15) is 24.8 Å². The second-order valence-corrected chi connectivity index (χ2v) is 5.64. The summed E-state index contributed by atoms with van der Waals surface area (Å²) in [6.07, 6.45) is 3.32. The Bertz CT molecular complexity index is 422. The minimum Gasteiger partial charge on any atom is -0.378 e. The molecule has 3 nitrogen and oxygen atoms in total. The average Bonchev–Trinajstić information content (AvgIpc) is 2.45. The van der Waals surface area contributed by atoms with Crippen molar-refractivity contribution in [3.05, 3.63) is 34.6 Å². The van der Waals surface area contributed by atoms with E-state index >= 15 is 0 Å². The lowest BCUT2D eigenvalue weighted by atomic mass is 10.1. The zero-order valence-corrected chi connectivity index (χ0v) is 12.4. The molecule has 0 spiro atoms. The number of piperidine rings is 1. The van der Waals surface area contributed by atoms with Gasteiger partial charge in [0, 0.05) is 26.2 Å². The quantitative estimate of drug-likeness (QED) is 0.821. The van der Waals surface area contributed by atoms with E-state index < -0.39 is 0 Å². The number of hydrogen-bond acceptors (Lipinski definition) is 3. The van der Waals surface area contributed by atoms with Gasteiger partial charge in [0.05, 0.1) is 11.1 Å². The monoisotopic (exact) mass is 300 g/mol. The van der Waals surface area contributed by atoms with Crippen molar-refractivity contribution in [2.75, 3.05) is 26.2 Å². The Labute approximate surface area is 124 Å². The van der Waals surface area contributed by atoms with Crippen LogP contribution in [0.2, 0.25) is 5.02 Å². The molecule has 0 aliphatic carbocycles. The molecule has 1 aromatic rings. The van der Waals surface area contributed by atoms with Gasteiger partial charge in [-0.1, -0.05) is 17.7 Å². The van der Waals surface area contributed by atoms with E-state index in [1.54, 1.807) is 6.07 Å². The zero-order valence-electron chi connectivity index (χ0n) is 11.7. The fraction of sp³-hybridized carbons (Fsp3) is 0.600. The summed E-state index contributed by atoms with van der Waals surface area (Å²) < 4.78 is 19.2. The second kappa shape index (κ2) is 7.93. The van der Waals surface area contributed by atoms with Gasteiger partial charge in [0.25, 0.3) is 0 Å². The summed E-state index contributed by atoms with van der Waals surface area (Å²) >= 11 is 5.69. The summed E-state index contributed by atoms with van der Waals surface area (Å²) in [5, 5.41) is 0.181. The number of halogens is 2. The Balaban J connectivity index is 1.75. The first-order chi connectivity index (χ1) is 9.69. The largest absolute Gasteiger partial charge is 0.378 e. The molecular formula is C15H22ClFN2O. The van der Waals surface area contributed by atoms with E-state index in [1.165, 1.54) is 6.07 Å². The Hall–Kier alpha value is -0.680. The standard InChI is InChI=1S/C15H22ClFN2O/c16-14-3-2-12(10-15(14)17)11-19-7-4-13(5-8-19)20-9-1-6-18/h2-3,10,13H,1,4-9,11,18H2. The van der Waals surface area contributed by atoms with Gasteiger partial charge >= 0.3 is 0 Å². The molecule has 1 aromatic carbocycles. The molecule has 1 aliphatic rings. The maximum absolute atomic E-state index is 13.4. The lowest BCUT2D eigenvalue weighted by Gasteiger charge is -2.32. The van der Waals surface area contributed by atoms with Crippen molar-refractivity contribution in [1.82, 2.24) is 4.90 Å². The van der Waals surface area contributed by atoms with Gasteiger partial charge in [-0.05, 0) is 43.5 Å². The highest BCUT2D eigenvalue weighted by atomic mass is 35.5. The first kappa shape index (κ1) is 15.7. The molecule has 5 heteroatoms. The third-order valence-electron chi connectivity index (χ3n) is 3.63. The minimum atomic E-state index is -0.343. The molecule has 0 amide bonds. The van der Waals surface area contributed by atoms with Crippen LogP contribution in [0.3, 0.4) is 0 Å². The molecule has 0 bridgehead atoms. The first-order valence-corrected chi connectivity index (χ1v) is 7.55. The predicted octanol–water partition coefficient (Wildman–Crippen LogP) is 2.81. The van der Waals surface area contributed by atoms with E-state index in [-0.39, 0.29) is 10.8 Å². The molecule has 0 atom stereocenters. The van der Waals surface area contributed by atoms with Crippen molar-refractivity contribution in [3.63, 3.8) is 0 Å². The van der Waals surface area contributed by atoms with Crippen LogP contribution in [-0.4, -0.2) is 37.2 Å². The Morgan fingerprint density at radius 2 is 2.10 bits per heavy atom. The minimum absolute atomic E-state index is 0.181. The number of nitrogens with zero attached hydrogens (tertiary/aromatic N) is 1. The molecule has 2 N–H and O–H groups in total. The Kier molecular flexibility index (Phi) is 6.23. The lowest BCUT2D eigenvalue weighted by Crippen LogP contribution is -2.36. The van der Waals surface area contributed by atoms with Crippen molar-refractivity contribution in [3.8, 4) is 0 Å². The van der Waals surface area contributed by atoms with Gasteiger partial charge in [-0.15, -0.1) is 0 Å². The SMILES string of the molecule is NCCCOC1CCN(Cc2ccc(Cl)c(F)c2)CC1. The normalized spacial score (nSPS) is 17.6. The topological polar surface area (TPSA) is 38.5 Å². The first-order valence-electron chi connectivity index (χ1n) is 7.17. The Morgan fingerprint density at radius 1 is 1.35 bits per heavy atom. The number of benzene rings is 1. The third kappa shape index (κ3) is 4.70. The van der Waals surface area contributed by atoms with Crippen LogP contribution < -0.4 is 5.73 Å². The highest BCUT2D eigenvalue weighted by molar-refractivity contribution is 6.30. The van der Waals surface area contributed by atoms with Crippen LogP contribution in [0.15, 0.2) is 18.2 Å². The number of hydrogen-bond donors (Lipinski definition) is 1. The highest BCUT2D eigenvalue weighted by Gasteiger charge is 2.19. The summed E-state index contributed by atoms with van der Waals surface area (Å²) in [6, 6.07) is 5.02. The van der Waals surface area contributed by atoms with Gasteiger partial charge < -0.3 is 10.5 Å². The van der Waals surface area contributed by atoms with Gasteiger partial charge in [0.2, 0.25) is 0 Å². The van der Waals surface area contributed by atoms with Crippen molar-refractivity contribution in [2.45, 2.75) is 31.9 Å². The van der Waals surface area contributed by atoms with Crippen molar-refractivity contribution >= 4 is 11.6 Å². The van der Waals surface area contributed by atoms with Crippen LogP contribution in [0, 0.1) is 5.82 Å². The molecule has 0 aromatic heterocycles. The maximum Gasteiger partial charge on any atom is 0.142 e. The van der Waals surface area contributed by atoms with E-state index in [0.29, 0.717) is 12.6 Å². The fourth-order valence-electron chi connectivity index (χ4n) is 2.46. The number of ether oxygens (including phenoxy) is 1. The number of likely N-dealkylation sites (tertiary alicyclic amines) is 1. The van der Waals surface area contributed by atoms with Crippen LogP contribution in [0.4, 0.5) is 4.39 Å². The average molecular weight is 301 g/mol. The molecule has 0 unspecified atom stereocenters. The third-order valence-corrected chi connectivity index (χ3v) is 3.93. The molecule has 20 heavy (non-hydrogen) atoms. The molecular weight excluding hydrogens is 279 g/mol. The summed E-state index contributed by atoms with van der Waals surface area (Å²) in [7, 11) is 0. The van der Waals surface area contributed by atoms with Gasteiger partial charge in [0.15, 0.2) is 0 Å². The molecule has 1 heterocycles. The van der Waals surface area contributed by atoms with Crippen LogP contribution in [0.5, 0.6) is 0 Å². The highest BCUT2D eigenvalue weighted by Crippen LogP contribution is 2.19. The summed E-state index contributed by atoms with van der Waals surface area (Å²) in [5.74, 6) is -0.343. The van der Waals surface area contributed by atoms with E-state index in [9.17, 15) is 4.39 Å². The van der Waals surface area contributed by atoms with Crippen molar-refractivity contribution < 1.29 is 9.13 Å². The Morgan fingerprint density at radius 3 is 2.75 bits per heavy atom. The molecule has 1 saturated heterocycles. The predicted molar refractivity (Wildman–Crippen MR) is 79.3 cm³/mol. The molecule has 112 valence electrons. The number of rotatable bonds is 6. The van der Waals surface area contributed by atoms with Crippen molar-refractivity contribution in [2.24, 2.45) is 5.73 Å². The molecule has 1 fully saturated rings. The second-order valence-electron chi connectivity index (χ2n) is 5.24. The molecule has 2 rings (SSSR count). The van der Waals surface area contributed by atoms with E-state index in [2.05, 4.69) is 4.90 Å². The van der Waals surface area contributed by atoms with Crippen LogP contribution in [0.25, 0.3) is 0 Å². The van der Waals surface area contributed by atoms with Gasteiger partial charge in [-0.25, -0.2) is 4.39 Å². The smallest absolute Gasteiger partial charge is 0.142 e. The van der Waals surface area contributed by atoms with Gasteiger partial charge in [0.1, 0.15) is 5.82 Å². The van der Waals surface area contributed by atoms with Gasteiger partial charge in [-0.3, -0.25) is 4.90 Å². The van der Waals surface area contributed by atoms with E-state index in [1.807, 2.05) is 6.07 Å². The van der Waals surface area contributed by atoms with Crippen LogP contribution in [-0.2, 0) is 11.3 Å². The van der Waals surface area contributed by atoms with Crippen molar-refractivity contribution in [1.29, 1.82) is 0 Å². The molecule has 1 aliphatic heterocycles. The molecule has 0 radical (unpaired) electrons.